The molecule has 9 nitrogen and oxygen atoms in total. The lowest BCUT2D eigenvalue weighted by atomic mass is 10.1. The number of aliphatic imine (C=N–C) groups is 1. The van der Waals surface area contributed by atoms with E-state index in [2.05, 4.69) is 17.2 Å². The lowest BCUT2D eigenvalue weighted by Crippen LogP contribution is -2.41. The molecule has 158 valence electrons. The number of nitrogens with one attached hydrogen (secondary N) is 2. The van der Waals surface area contributed by atoms with Crippen LogP contribution in [0, 0.1) is 10.1 Å². The van der Waals surface area contributed by atoms with Crippen LogP contribution in [0.25, 0.3) is 0 Å². The Labute approximate surface area is 162 Å². The fraction of sp³-hybridized carbons (Fsp3) is 0.889. The number of carbonyl (C=O) groups is 1. The largest absolute Gasteiger partial charge is 0.365 e. The number of hydrazine groups is 1. The number of nitro groups is 1. The molecule has 0 heterocycles. The number of hydrogen-bond donors (Lipinski definition) is 4. The molecule has 0 aliphatic heterocycles. The number of hydrogen-bond acceptors (Lipinski definition) is 5. The van der Waals surface area contributed by atoms with Crippen molar-refractivity contribution in [2.24, 2.45) is 16.5 Å². The van der Waals surface area contributed by atoms with E-state index >= 15 is 0 Å². The molecular weight excluding hydrogens is 348 g/mol. The van der Waals surface area contributed by atoms with Crippen molar-refractivity contribution in [2.75, 3.05) is 13.1 Å². The highest BCUT2D eigenvalue weighted by atomic mass is 16.7. The van der Waals surface area contributed by atoms with Crippen molar-refractivity contribution in [3.05, 3.63) is 10.1 Å². The first-order valence-corrected chi connectivity index (χ1v) is 10.2. The molecule has 0 saturated heterocycles. The van der Waals surface area contributed by atoms with Gasteiger partial charge in [-0.3, -0.25) is 4.79 Å². The highest BCUT2D eigenvalue weighted by Gasteiger charge is 2.12. The number of amides is 1. The number of unbranched alkanes of at least 4 members (excludes halogenated alkanes) is 9. The number of nitrogens with zero attached hydrogens (tertiary/aromatic N) is 2. The Kier molecular flexibility index (Phi) is 16.3. The van der Waals surface area contributed by atoms with Gasteiger partial charge in [0.2, 0.25) is 5.91 Å². The summed E-state index contributed by atoms with van der Waals surface area (Å²) in [5, 5.41) is 12.2. The van der Waals surface area contributed by atoms with Gasteiger partial charge in [-0.1, -0.05) is 70.1 Å². The summed E-state index contributed by atoms with van der Waals surface area (Å²) >= 11 is 0. The molecule has 0 fully saturated rings. The predicted octanol–water partition coefficient (Wildman–Crippen LogP) is 2.23. The summed E-state index contributed by atoms with van der Waals surface area (Å²) in [4.78, 5) is 25.8. The molecule has 0 saturated carbocycles. The summed E-state index contributed by atoms with van der Waals surface area (Å²) in [6.07, 6.45) is 13.6. The number of carbonyl (C=O) groups excluding carboxylic acids is 1. The zero-order valence-corrected chi connectivity index (χ0v) is 16.8. The minimum Gasteiger partial charge on any atom is -0.365 e. The summed E-state index contributed by atoms with van der Waals surface area (Å²) in [5.74, 6) is -0.412. The van der Waals surface area contributed by atoms with Gasteiger partial charge in [0.15, 0.2) is 5.03 Å². The Morgan fingerprint density at radius 2 is 1.59 bits per heavy atom. The van der Waals surface area contributed by atoms with E-state index in [0.29, 0.717) is 19.4 Å². The maximum Gasteiger partial charge on any atom is 0.251 e. The number of guanidine groups is 1. The minimum atomic E-state index is -0.772. The van der Waals surface area contributed by atoms with Crippen LogP contribution in [0.2, 0.25) is 0 Å². The predicted molar refractivity (Wildman–Crippen MR) is 109 cm³/mol. The quantitative estimate of drug-likeness (QED) is 0.0990. The summed E-state index contributed by atoms with van der Waals surface area (Å²) in [6.45, 7) is 3.17. The molecule has 0 aliphatic rings. The standard InChI is InChI=1S/C18H38N6O3/c1-2-3-4-5-6-7-8-9-10-11-14-21-17(25)16(19)13-12-15-22-18(20)23-24(26)27/h16H,2-15,19H2,1H3,(H,21,25)(H3,20,22,23)/t16-/m0/s1. The van der Waals surface area contributed by atoms with Gasteiger partial charge < -0.3 is 16.8 Å². The van der Waals surface area contributed by atoms with Gasteiger partial charge in [-0.2, -0.15) is 0 Å². The van der Waals surface area contributed by atoms with E-state index in [1.54, 1.807) is 5.43 Å². The van der Waals surface area contributed by atoms with E-state index in [4.69, 9.17) is 11.5 Å². The molecule has 27 heavy (non-hydrogen) atoms. The Morgan fingerprint density at radius 1 is 1.04 bits per heavy atom. The molecule has 1 atom stereocenters. The third kappa shape index (κ3) is 17.3. The fourth-order valence-corrected chi connectivity index (χ4v) is 2.73. The van der Waals surface area contributed by atoms with Crippen LogP contribution in [0.4, 0.5) is 0 Å². The Bertz CT molecular complexity index is 431. The number of rotatable bonds is 17. The van der Waals surface area contributed by atoms with Crippen molar-refractivity contribution >= 4 is 11.9 Å². The van der Waals surface area contributed by atoms with E-state index in [1.807, 2.05) is 0 Å². The Balaban J connectivity index is 3.52. The fourth-order valence-electron chi connectivity index (χ4n) is 2.73. The molecule has 0 rings (SSSR count). The van der Waals surface area contributed by atoms with E-state index < -0.39 is 11.1 Å². The molecular formula is C18H38N6O3. The van der Waals surface area contributed by atoms with Crippen LogP contribution >= 0.6 is 0 Å². The second-order valence-corrected chi connectivity index (χ2v) is 6.86. The second kappa shape index (κ2) is 17.5. The van der Waals surface area contributed by atoms with Crippen LogP contribution < -0.4 is 22.2 Å². The van der Waals surface area contributed by atoms with Crippen molar-refractivity contribution in [3.8, 4) is 0 Å². The zero-order chi connectivity index (χ0) is 20.3. The first-order chi connectivity index (χ1) is 13.0. The van der Waals surface area contributed by atoms with Crippen molar-refractivity contribution in [1.82, 2.24) is 10.7 Å². The van der Waals surface area contributed by atoms with Gasteiger partial charge in [0, 0.05) is 13.1 Å². The van der Waals surface area contributed by atoms with Gasteiger partial charge in [-0.15, -0.1) is 0 Å². The average Bonchev–Trinajstić information content (AvgIpc) is 2.62. The summed E-state index contributed by atoms with van der Waals surface area (Å²) < 4.78 is 0. The highest BCUT2D eigenvalue weighted by Crippen LogP contribution is 2.10. The van der Waals surface area contributed by atoms with Crippen LogP contribution in [0.5, 0.6) is 0 Å². The van der Waals surface area contributed by atoms with E-state index in [0.717, 1.165) is 12.8 Å². The topological polar surface area (TPSA) is 149 Å². The highest BCUT2D eigenvalue weighted by molar-refractivity contribution is 5.81. The van der Waals surface area contributed by atoms with E-state index in [9.17, 15) is 14.9 Å². The summed E-state index contributed by atoms with van der Waals surface area (Å²) in [7, 11) is 0. The minimum absolute atomic E-state index is 0.161. The molecule has 0 aromatic heterocycles. The Hall–Kier alpha value is -1.90. The van der Waals surface area contributed by atoms with Gasteiger partial charge >= 0.3 is 0 Å². The van der Waals surface area contributed by atoms with Crippen molar-refractivity contribution in [3.63, 3.8) is 0 Å². The normalized spacial score (nSPS) is 12.6. The molecule has 0 radical (unpaired) electrons. The third-order valence-electron chi connectivity index (χ3n) is 4.33. The van der Waals surface area contributed by atoms with Crippen LogP contribution in [0.15, 0.2) is 4.99 Å². The zero-order valence-electron chi connectivity index (χ0n) is 16.8. The van der Waals surface area contributed by atoms with Gasteiger partial charge in [0.1, 0.15) is 0 Å². The van der Waals surface area contributed by atoms with Gasteiger partial charge in [-0.25, -0.2) is 15.1 Å². The molecule has 0 aromatic carbocycles. The molecule has 9 heteroatoms. The molecule has 1 amide bonds. The smallest absolute Gasteiger partial charge is 0.251 e. The monoisotopic (exact) mass is 386 g/mol. The van der Waals surface area contributed by atoms with Crippen molar-refractivity contribution in [1.29, 1.82) is 0 Å². The molecule has 0 aromatic rings. The average molecular weight is 387 g/mol. The molecule has 6 N–H and O–H groups in total. The van der Waals surface area contributed by atoms with E-state index in [-0.39, 0.29) is 18.4 Å². The van der Waals surface area contributed by atoms with Crippen molar-refractivity contribution in [2.45, 2.75) is 90.0 Å². The third-order valence-corrected chi connectivity index (χ3v) is 4.33. The van der Waals surface area contributed by atoms with Crippen LogP contribution in [-0.4, -0.2) is 36.0 Å². The molecule has 0 aliphatic carbocycles. The lowest BCUT2D eigenvalue weighted by molar-refractivity contribution is -0.525. The second-order valence-electron chi connectivity index (χ2n) is 6.86. The van der Waals surface area contributed by atoms with E-state index in [1.165, 1.54) is 51.4 Å². The molecule has 0 bridgehead atoms. The van der Waals surface area contributed by atoms with Crippen LogP contribution in [0.1, 0.15) is 84.0 Å². The summed E-state index contributed by atoms with van der Waals surface area (Å²) in [5.41, 5.74) is 12.9. The van der Waals surface area contributed by atoms with Crippen LogP contribution in [-0.2, 0) is 4.79 Å². The maximum absolute atomic E-state index is 11.9. The Morgan fingerprint density at radius 3 is 2.15 bits per heavy atom. The lowest BCUT2D eigenvalue weighted by Gasteiger charge is -2.11. The van der Waals surface area contributed by atoms with Crippen molar-refractivity contribution < 1.29 is 9.83 Å². The van der Waals surface area contributed by atoms with Gasteiger partial charge in [0.05, 0.1) is 6.04 Å². The van der Waals surface area contributed by atoms with Gasteiger partial charge in [0.25, 0.3) is 5.96 Å². The SMILES string of the molecule is CCCCCCCCCCCCNC(=O)[C@@H](N)CCCN=C(N)N[N+](=O)[O-]. The first kappa shape index (κ1) is 25.1. The first-order valence-electron chi connectivity index (χ1n) is 10.2. The molecule has 0 unspecified atom stereocenters. The number of nitrogens with two attached hydrogens (primary N) is 2. The maximum atomic E-state index is 11.9. The van der Waals surface area contributed by atoms with Gasteiger partial charge in [-0.05, 0) is 19.3 Å². The van der Waals surface area contributed by atoms with Crippen LogP contribution in [0.3, 0.4) is 0 Å². The summed E-state index contributed by atoms with van der Waals surface area (Å²) in [6, 6.07) is -0.590. The molecule has 0 spiro atoms.